The van der Waals surface area contributed by atoms with E-state index in [1.807, 2.05) is 12.3 Å². The first kappa shape index (κ1) is 13.1. The van der Waals surface area contributed by atoms with Crippen molar-refractivity contribution in [2.75, 3.05) is 0 Å². The van der Waals surface area contributed by atoms with Gasteiger partial charge in [0.1, 0.15) is 6.61 Å². The number of hydrogen-bond acceptors (Lipinski definition) is 4. The molecule has 0 saturated heterocycles. The van der Waals surface area contributed by atoms with Crippen LogP contribution >= 0.6 is 22.9 Å². The lowest BCUT2D eigenvalue weighted by Crippen LogP contribution is -2.06. The maximum atomic E-state index is 11.8. The van der Waals surface area contributed by atoms with Gasteiger partial charge in [-0.15, -0.1) is 11.3 Å². The van der Waals surface area contributed by atoms with Crippen molar-refractivity contribution in [3.63, 3.8) is 0 Å². The Labute approximate surface area is 114 Å². The average Bonchev–Trinajstić information content (AvgIpc) is 2.84. The second kappa shape index (κ2) is 5.98. The van der Waals surface area contributed by atoms with Crippen molar-refractivity contribution >= 4 is 28.9 Å². The number of ether oxygens (including phenoxy) is 1. The molecular weight excluding hydrogens is 270 g/mol. The van der Waals surface area contributed by atoms with E-state index in [2.05, 4.69) is 4.98 Å². The van der Waals surface area contributed by atoms with Gasteiger partial charge in [0, 0.05) is 5.38 Å². The summed E-state index contributed by atoms with van der Waals surface area (Å²) in [6, 6.07) is 6.83. The summed E-state index contributed by atoms with van der Waals surface area (Å²) >= 11 is 7.48. The third-order valence-electron chi connectivity index (χ3n) is 2.35. The van der Waals surface area contributed by atoms with Crippen LogP contribution in [0.25, 0.3) is 0 Å². The molecule has 0 aliphatic heterocycles. The fourth-order valence-electron chi connectivity index (χ4n) is 1.42. The maximum absolute atomic E-state index is 11.8. The SMILES string of the molecule is CCc1nc(COC(=O)c2ccccc2Cl)cs1. The summed E-state index contributed by atoms with van der Waals surface area (Å²) in [5.41, 5.74) is 1.15. The molecule has 0 radical (unpaired) electrons. The quantitative estimate of drug-likeness (QED) is 0.802. The number of nitrogens with zero attached hydrogens (tertiary/aromatic N) is 1. The van der Waals surface area contributed by atoms with Crippen molar-refractivity contribution in [2.45, 2.75) is 20.0 Å². The Kier molecular flexibility index (Phi) is 4.33. The fourth-order valence-corrected chi connectivity index (χ4v) is 2.36. The third-order valence-corrected chi connectivity index (χ3v) is 3.72. The molecular formula is C13H12ClNO2S. The van der Waals surface area contributed by atoms with Gasteiger partial charge in [-0.2, -0.15) is 0 Å². The molecule has 1 aromatic carbocycles. The van der Waals surface area contributed by atoms with Gasteiger partial charge in [-0.3, -0.25) is 0 Å². The minimum absolute atomic E-state index is 0.181. The van der Waals surface area contributed by atoms with Gasteiger partial charge in [-0.25, -0.2) is 9.78 Å². The van der Waals surface area contributed by atoms with Gasteiger partial charge in [0.2, 0.25) is 0 Å². The van der Waals surface area contributed by atoms with Gasteiger partial charge in [0.15, 0.2) is 0 Å². The molecule has 1 heterocycles. The van der Waals surface area contributed by atoms with Crippen molar-refractivity contribution in [3.8, 4) is 0 Å². The molecule has 2 aromatic rings. The van der Waals surface area contributed by atoms with Crippen LogP contribution in [0.5, 0.6) is 0 Å². The second-order valence-corrected chi connectivity index (χ2v) is 4.99. The molecule has 0 aliphatic rings. The largest absolute Gasteiger partial charge is 0.456 e. The van der Waals surface area contributed by atoms with E-state index in [1.54, 1.807) is 35.6 Å². The second-order valence-electron chi connectivity index (χ2n) is 3.64. The first-order valence-electron chi connectivity index (χ1n) is 5.55. The summed E-state index contributed by atoms with van der Waals surface area (Å²) in [5.74, 6) is -0.424. The zero-order valence-electron chi connectivity index (χ0n) is 9.85. The number of carbonyl (C=O) groups excluding carboxylic acids is 1. The number of aryl methyl sites for hydroxylation is 1. The van der Waals surface area contributed by atoms with E-state index in [0.717, 1.165) is 17.1 Å². The van der Waals surface area contributed by atoms with Gasteiger partial charge in [-0.05, 0) is 18.6 Å². The van der Waals surface area contributed by atoms with Gasteiger partial charge in [-0.1, -0.05) is 30.7 Å². The number of thiazole rings is 1. The fraction of sp³-hybridized carbons (Fsp3) is 0.231. The highest BCUT2D eigenvalue weighted by atomic mass is 35.5. The van der Waals surface area contributed by atoms with Crippen LogP contribution in [0.4, 0.5) is 0 Å². The van der Waals surface area contributed by atoms with Crippen molar-refractivity contribution in [2.24, 2.45) is 0 Å². The summed E-state index contributed by atoms with van der Waals surface area (Å²) in [6.45, 7) is 2.22. The molecule has 0 atom stereocenters. The van der Waals surface area contributed by atoms with E-state index in [4.69, 9.17) is 16.3 Å². The normalized spacial score (nSPS) is 10.3. The zero-order valence-corrected chi connectivity index (χ0v) is 11.4. The number of hydrogen-bond donors (Lipinski definition) is 0. The Hall–Kier alpha value is -1.39. The highest BCUT2D eigenvalue weighted by Crippen LogP contribution is 2.17. The first-order chi connectivity index (χ1) is 8.70. The predicted molar refractivity (Wildman–Crippen MR) is 72.1 cm³/mol. The van der Waals surface area contributed by atoms with Crippen molar-refractivity contribution in [3.05, 3.63) is 50.9 Å². The lowest BCUT2D eigenvalue weighted by atomic mass is 10.2. The van der Waals surface area contributed by atoms with Gasteiger partial charge < -0.3 is 4.74 Å². The van der Waals surface area contributed by atoms with Crippen LogP contribution in [0.15, 0.2) is 29.6 Å². The molecule has 0 bridgehead atoms. The van der Waals surface area contributed by atoms with E-state index >= 15 is 0 Å². The Morgan fingerprint density at radius 3 is 2.89 bits per heavy atom. The van der Waals surface area contributed by atoms with Crippen LogP contribution in [-0.2, 0) is 17.8 Å². The average molecular weight is 282 g/mol. The van der Waals surface area contributed by atoms with Gasteiger partial charge in [0.25, 0.3) is 0 Å². The van der Waals surface area contributed by atoms with E-state index in [0.29, 0.717) is 10.6 Å². The molecule has 0 spiro atoms. The number of aromatic nitrogens is 1. The molecule has 94 valence electrons. The Morgan fingerprint density at radius 2 is 2.22 bits per heavy atom. The van der Waals surface area contributed by atoms with E-state index in [-0.39, 0.29) is 6.61 Å². The molecule has 0 fully saturated rings. The highest BCUT2D eigenvalue weighted by molar-refractivity contribution is 7.09. The molecule has 0 saturated carbocycles. The van der Waals surface area contributed by atoms with Crippen LogP contribution in [0.1, 0.15) is 28.0 Å². The Balaban J connectivity index is 1.98. The van der Waals surface area contributed by atoms with Gasteiger partial charge >= 0.3 is 5.97 Å². The molecule has 5 heteroatoms. The molecule has 0 unspecified atom stereocenters. The van der Waals surface area contributed by atoms with Crippen LogP contribution in [0, 0.1) is 0 Å². The Bertz CT molecular complexity index is 553. The van der Waals surface area contributed by atoms with Crippen LogP contribution in [0.3, 0.4) is 0 Å². The van der Waals surface area contributed by atoms with Crippen LogP contribution in [0.2, 0.25) is 5.02 Å². The smallest absolute Gasteiger partial charge is 0.340 e. The standard InChI is InChI=1S/C13H12ClNO2S/c1-2-12-15-9(8-18-12)7-17-13(16)10-5-3-4-6-11(10)14/h3-6,8H,2,7H2,1H3. The first-order valence-corrected chi connectivity index (χ1v) is 6.81. The zero-order chi connectivity index (χ0) is 13.0. The van der Waals surface area contributed by atoms with Crippen molar-refractivity contribution in [1.29, 1.82) is 0 Å². The number of benzene rings is 1. The minimum atomic E-state index is -0.424. The van der Waals surface area contributed by atoms with Crippen molar-refractivity contribution < 1.29 is 9.53 Å². The highest BCUT2D eigenvalue weighted by Gasteiger charge is 2.11. The van der Waals surface area contributed by atoms with Crippen LogP contribution in [-0.4, -0.2) is 11.0 Å². The maximum Gasteiger partial charge on any atom is 0.340 e. The summed E-state index contributed by atoms with van der Waals surface area (Å²) in [6.07, 6.45) is 0.892. The number of carbonyl (C=O) groups is 1. The van der Waals surface area contributed by atoms with Crippen LogP contribution < -0.4 is 0 Å². The molecule has 1 aromatic heterocycles. The van der Waals surface area contributed by atoms with E-state index in [9.17, 15) is 4.79 Å². The number of esters is 1. The molecule has 18 heavy (non-hydrogen) atoms. The topological polar surface area (TPSA) is 39.2 Å². The molecule has 2 rings (SSSR count). The third kappa shape index (κ3) is 3.09. The monoisotopic (exact) mass is 281 g/mol. The molecule has 3 nitrogen and oxygen atoms in total. The summed E-state index contributed by atoms with van der Waals surface area (Å²) in [5, 5.41) is 3.34. The van der Waals surface area contributed by atoms with E-state index in [1.165, 1.54) is 0 Å². The summed E-state index contributed by atoms with van der Waals surface area (Å²) in [7, 11) is 0. The van der Waals surface area contributed by atoms with E-state index < -0.39 is 5.97 Å². The molecule has 0 amide bonds. The molecule has 0 N–H and O–H groups in total. The van der Waals surface area contributed by atoms with Gasteiger partial charge in [0.05, 0.1) is 21.3 Å². The minimum Gasteiger partial charge on any atom is -0.456 e. The lowest BCUT2D eigenvalue weighted by molar-refractivity contribution is 0.0468. The summed E-state index contributed by atoms with van der Waals surface area (Å²) < 4.78 is 5.17. The van der Waals surface area contributed by atoms with Crippen molar-refractivity contribution in [1.82, 2.24) is 4.98 Å². The molecule has 0 aliphatic carbocycles. The Morgan fingerprint density at radius 1 is 1.44 bits per heavy atom. The number of halogens is 1. The summed E-state index contributed by atoms with van der Waals surface area (Å²) in [4.78, 5) is 16.1. The lowest BCUT2D eigenvalue weighted by Gasteiger charge is -2.04. The predicted octanol–water partition coefficient (Wildman–Crippen LogP) is 3.72. The number of rotatable bonds is 4.